The van der Waals surface area contributed by atoms with E-state index in [0.717, 1.165) is 10.0 Å². The van der Waals surface area contributed by atoms with Crippen molar-refractivity contribution in [2.75, 3.05) is 13.2 Å². The SMILES string of the molecule is NNC(CCOCC(F)(F)F)Cc1ccc(Br)cc1. The van der Waals surface area contributed by atoms with Gasteiger partial charge in [-0.25, -0.2) is 0 Å². The van der Waals surface area contributed by atoms with Crippen LogP contribution in [0.1, 0.15) is 12.0 Å². The van der Waals surface area contributed by atoms with E-state index in [4.69, 9.17) is 5.84 Å². The number of nitrogens with two attached hydrogens (primary N) is 1. The summed E-state index contributed by atoms with van der Waals surface area (Å²) in [5.74, 6) is 5.38. The molecule has 19 heavy (non-hydrogen) atoms. The molecule has 1 aromatic rings. The van der Waals surface area contributed by atoms with Crippen molar-refractivity contribution in [3.05, 3.63) is 34.3 Å². The number of hydrogen-bond acceptors (Lipinski definition) is 3. The fraction of sp³-hybridized carbons (Fsp3) is 0.500. The molecule has 0 bridgehead atoms. The average molecular weight is 341 g/mol. The van der Waals surface area contributed by atoms with Crippen molar-refractivity contribution in [3.8, 4) is 0 Å². The lowest BCUT2D eigenvalue weighted by Crippen LogP contribution is -2.37. The Hall–Kier alpha value is -0.630. The Bertz CT molecular complexity index is 370. The quantitative estimate of drug-likeness (QED) is 0.456. The van der Waals surface area contributed by atoms with Crippen LogP contribution in [0.3, 0.4) is 0 Å². The van der Waals surface area contributed by atoms with Crippen molar-refractivity contribution in [1.29, 1.82) is 0 Å². The van der Waals surface area contributed by atoms with Crippen LogP contribution in [-0.4, -0.2) is 25.4 Å². The molecule has 3 N–H and O–H groups in total. The number of rotatable bonds is 7. The summed E-state index contributed by atoms with van der Waals surface area (Å²) in [6.45, 7) is -1.20. The average Bonchev–Trinajstić information content (AvgIpc) is 2.34. The standard InChI is InChI=1S/C12H16BrF3N2O/c13-10-3-1-9(2-4-10)7-11(18-17)5-6-19-8-12(14,15)16/h1-4,11,18H,5-8,17H2. The fourth-order valence-electron chi connectivity index (χ4n) is 1.56. The van der Waals surface area contributed by atoms with Crippen LogP contribution in [0.4, 0.5) is 13.2 Å². The Kier molecular flexibility index (Phi) is 6.78. The van der Waals surface area contributed by atoms with Crippen LogP contribution in [0.2, 0.25) is 0 Å². The van der Waals surface area contributed by atoms with Crippen molar-refractivity contribution < 1.29 is 17.9 Å². The van der Waals surface area contributed by atoms with Crippen LogP contribution in [0.25, 0.3) is 0 Å². The molecule has 0 fully saturated rings. The van der Waals surface area contributed by atoms with E-state index < -0.39 is 12.8 Å². The summed E-state index contributed by atoms with van der Waals surface area (Å²) >= 11 is 3.33. The highest BCUT2D eigenvalue weighted by Gasteiger charge is 2.27. The molecule has 3 nitrogen and oxygen atoms in total. The van der Waals surface area contributed by atoms with Crippen LogP contribution >= 0.6 is 15.9 Å². The maximum Gasteiger partial charge on any atom is 0.411 e. The molecule has 0 aliphatic carbocycles. The predicted octanol–water partition coefficient (Wildman–Crippen LogP) is 2.79. The number of ether oxygens (including phenoxy) is 1. The lowest BCUT2D eigenvalue weighted by Gasteiger charge is -2.16. The summed E-state index contributed by atoms with van der Waals surface area (Å²) < 4.78 is 41.2. The maximum absolute atomic E-state index is 11.9. The molecule has 0 saturated carbocycles. The Morgan fingerprint density at radius 3 is 2.42 bits per heavy atom. The first kappa shape index (κ1) is 16.4. The van der Waals surface area contributed by atoms with Gasteiger partial charge in [-0.15, -0.1) is 0 Å². The summed E-state index contributed by atoms with van der Waals surface area (Å²) in [5.41, 5.74) is 3.65. The largest absolute Gasteiger partial charge is 0.411 e. The van der Waals surface area contributed by atoms with E-state index in [2.05, 4.69) is 26.1 Å². The van der Waals surface area contributed by atoms with Gasteiger partial charge in [0.25, 0.3) is 0 Å². The molecule has 0 heterocycles. The summed E-state index contributed by atoms with van der Waals surface area (Å²) in [7, 11) is 0. The van der Waals surface area contributed by atoms with Gasteiger partial charge in [0, 0.05) is 17.1 Å². The number of hydrazine groups is 1. The number of alkyl halides is 3. The van der Waals surface area contributed by atoms with E-state index in [-0.39, 0.29) is 12.6 Å². The highest BCUT2D eigenvalue weighted by molar-refractivity contribution is 9.10. The zero-order valence-electron chi connectivity index (χ0n) is 10.2. The monoisotopic (exact) mass is 340 g/mol. The summed E-state index contributed by atoms with van der Waals surface area (Å²) in [6, 6.07) is 7.57. The van der Waals surface area contributed by atoms with Crippen LogP contribution in [0.15, 0.2) is 28.7 Å². The molecule has 0 saturated heterocycles. The van der Waals surface area contributed by atoms with Crippen LogP contribution in [0.5, 0.6) is 0 Å². The van der Waals surface area contributed by atoms with Crippen LogP contribution < -0.4 is 11.3 Å². The van der Waals surface area contributed by atoms with Gasteiger partial charge in [-0.05, 0) is 30.5 Å². The minimum atomic E-state index is -4.28. The maximum atomic E-state index is 11.9. The second-order valence-electron chi connectivity index (χ2n) is 4.15. The van der Waals surface area contributed by atoms with E-state index in [9.17, 15) is 13.2 Å². The number of halogens is 4. The van der Waals surface area contributed by atoms with E-state index in [1.807, 2.05) is 24.3 Å². The van der Waals surface area contributed by atoms with Gasteiger partial charge in [-0.2, -0.15) is 13.2 Å². The van der Waals surface area contributed by atoms with Gasteiger partial charge in [-0.1, -0.05) is 28.1 Å². The van der Waals surface area contributed by atoms with E-state index >= 15 is 0 Å². The highest BCUT2D eigenvalue weighted by atomic mass is 79.9. The van der Waals surface area contributed by atoms with Crippen LogP contribution in [-0.2, 0) is 11.2 Å². The minimum Gasteiger partial charge on any atom is -0.372 e. The molecule has 0 spiro atoms. The molecule has 0 aliphatic rings. The molecule has 108 valence electrons. The molecule has 0 aliphatic heterocycles. The molecule has 0 aromatic heterocycles. The molecule has 1 aromatic carbocycles. The Morgan fingerprint density at radius 2 is 1.89 bits per heavy atom. The van der Waals surface area contributed by atoms with Crippen molar-refractivity contribution in [1.82, 2.24) is 5.43 Å². The second-order valence-corrected chi connectivity index (χ2v) is 5.07. The van der Waals surface area contributed by atoms with E-state index in [1.165, 1.54) is 0 Å². The first-order valence-corrected chi connectivity index (χ1v) is 6.55. The summed E-state index contributed by atoms with van der Waals surface area (Å²) in [6.07, 6.45) is -3.22. The fourth-order valence-corrected chi connectivity index (χ4v) is 1.83. The Balaban J connectivity index is 2.31. The molecular weight excluding hydrogens is 325 g/mol. The van der Waals surface area contributed by atoms with E-state index in [1.54, 1.807) is 0 Å². The molecular formula is C12H16BrF3N2O. The third-order valence-electron chi connectivity index (χ3n) is 2.51. The predicted molar refractivity (Wildman–Crippen MR) is 70.4 cm³/mol. The smallest absolute Gasteiger partial charge is 0.372 e. The van der Waals surface area contributed by atoms with Crippen molar-refractivity contribution in [2.45, 2.75) is 25.1 Å². The third-order valence-corrected chi connectivity index (χ3v) is 3.04. The number of nitrogens with one attached hydrogen (secondary N) is 1. The second kappa shape index (κ2) is 7.84. The normalized spacial score (nSPS) is 13.5. The number of benzene rings is 1. The van der Waals surface area contributed by atoms with Crippen molar-refractivity contribution >= 4 is 15.9 Å². The van der Waals surface area contributed by atoms with Gasteiger partial charge in [0.2, 0.25) is 0 Å². The van der Waals surface area contributed by atoms with Crippen molar-refractivity contribution in [3.63, 3.8) is 0 Å². The molecule has 0 amide bonds. The van der Waals surface area contributed by atoms with Gasteiger partial charge in [0.05, 0.1) is 0 Å². The van der Waals surface area contributed by atoms with Crippen LogP contribution in [0, 0.1) is 0 Å². The Morgan fingerprint density at radius 1 is 1.26 bits per heavy atom. The van der Waals surface area contributed by atoms with Gasteiger partial charge in [-0.3, -0.25) is 11.3 Å². The zero-order valence-corrected chi connectivity index (χ0v) is 11.8. The molecule has 1 rings (SSSR count). The van der Waals surface area contributed by atoms with Gasteiger partial charge >= 0.3 is 6.18 Å². The summed E-state index contributed by atoms with van der Waals surface area (Å²) in [4.78, 5) is 0. The van der Waals surface area contributed by atoms with Gasteiger partial charge in [0.15, 0.2) is 0 Å². The highest BCUT2D eigenvalue weighted by Crippen LogP contribution is 2.15. The third kappa shape index (κ3) is 7.51. The first-order chi connectivity index (χ1) is 8.90. The molecule has 1 atom stereocenters. The topological polar surface area (TPSA) is 47.3 Å². The zero-order chi connectivity index (χ0) is 14.3. The van der Waals surface area contributed by atoms with Gasteiger partial charge < -0.3 is 4.74 Å². The molecule has 1 unspecified atom stereocenters. The molecule has 7 heteroatoms. The van der Waals surface area contributed by atoms with E-state index in [0.29, 0.717) is 12.8 Å². The lowest BCUT2D eigenvalue weighted by atomic mass is 10.0. The molecule has 0 radical (unpaired) electrons. The first-order valence-electron chi connectivity index (χ1n) is 5.76. The summed E-state index contributed by atoms with van der Waals surface area (Å²) in [5, 5.41) is 0. The number of hydrogen-bond donors (Lipinski definition) is 2. The Labute approximate surface area is 118 Å². The lowest BCUT2D eigenvalue weighted by molar-refractivity contribution is -0.174. The minimum absolute atomic E-state index is 0.0188. The van der Waals surface area contributed by atoms with Crippen molar-refractivity contribution in [2.24, 2.45) is 5.84 Å². The van der Waals surface area contributed by atoms with Gasteiger partial charge in [0.1, 0.15) is 6.61 Å².